The van der Waals surface area contributed by atoms with Crippen molar-refractivity contribution in [1.82, 2.24) is 0 Å². The second-order valence-electron chi connectivity index (χ2n) is 9.80. The van der Waals surface area contributed by atoms with Gasteiger partial charge in [-0.2, -0.15) is 0 Å². The molecule has 14 heteroatoms. The molecule has 14 nitrogen and oxygen atoms in total. The van der Waals surface area contributed by atoms with Gasteiger partial charge in [0, 0.05) is 29.8 Å². The number of rotatable bonds is 7. The van der Waals surface area contributed by atoms with E-state index in [9.17, 15) is 50.4 Å². The van der Waals surface area contributed by atoms with E-state index in [2.05, 4.69) is 0 Å². The first kappa shape index (κ1) is 30.2. The Labute approximate surface area is 247 Å². The normalized spacial score (nSPS) is 21.8. The van der Waals surface area contributed by atoms with Crippen LogP contribution in [0.15, 0.2) is 69.9 Å². The molecule has 5 rings (SSSR count). The molecule has 1 fully saturated rings. The van der Waals surface area contributed by atoms with Crippen LogP contribution in [-0.4, -0.2) is 84.1 Å². The van der Waals surface area contributed by atoms with Gasteiger partial charge in [0.2, 0.25) is 6.29 Å². The summed E-state index contributed by atoms with van der Waals surface area (Å²) in [6, 6.07) is 10.9. The third kappa shape index (κ3) is 6.09. The number of phenolic OH excluding ortho intramolecular Hbond substituents is 5. The van der Waals surface area contributed by atoms with Crippen molar-refractivity contribution in [3.05, 3.63) is 76.5 Å². The molecule has 1 saturated heterocycles. The fourth-order valence-electron chi connectivity index (χ4n) is 4.54. The minimum atomic E-state index is -1.83. The summed E-state index contributed by atoms with van der Waals surface area (Å²) in [6.07, 6.45) is -5.96. The number of ether oxygens (including phenoxy) is 3. The van der Waals surface area contributed by atoms with Gasteiger partial charge in [0.25, 0.3) is 0 Å². The van der Waals surface area contributed by atoms with E-state index in [0.29, 0.717) is 5.56 Å². The molecule has 0 bridgehead atoms. The van der Waals surface area contributed by atoms with Crippen molar-refractivity contribution in [2.45, 2.75) is 30.7 Å². The highest BCUT2D eigenvalue weighted by Crippen LogP contribution is 2.35. The molecule has 1 aliphatic rings. The van der Waals surface area contributed by atoms with Crippen molar-refractivity contribution in [1.29, 1.82) is 0 Å². The van der Waals surface area contributed by atoms with E-state index in [1.54, 1.807) is 0 Å². The van der Waals surface area contributed by atoms with Crippen LogP contribution < -0.4 is 10.2 Å². The Balaban J connectivity index is 1.34. The molecule has 3 aromatic carbocycles. The maximum absolute atomic E-state index is 12.7. The highest BCUT2D eigenvalue weighted by atomic mass is 16.7. The van der Waals surface area contributed by atoms with Gasteiger partial charge < -0.3 is 59.5 Å². The number of phenols is 5. The Morgan fingerprint density at radius 2 is 1.55 bits per heavy atom. The standard InChI is InChI=1S/C30H26O14/c31-12-24-29(44-25(38)6-2-13-1-4-16(32)18(34)7-13)27(39)28(40)30(43-24)41-15-9-20(36)26-21(37)11-22(42-23(26)10-15)14-3-5-17(33)19(35)8-14/h1-11,24,27-36,39-40H,12H2/b6-2+/t24-,27-,28-,29-,30-/m1/s1. The fourth-order valence-corrected chi connectivity index (χ4v) is 4.54. The molecule has 1 aromatic heterocycles. The molecule has 0 aliphatic carbocycles. The lowest BCUT2D eigenvalue weighted by atomic mass is 9.99. The number of carbonyl (C=O) groups excluding carboxylic acids is 1. The lowest BCUT2D eigenvalue weighted by Crippen LogP contribution is -2.61. The van der Waals surface area contributed by atoms with E-state index >= 15 is 0 Å². The zero-order valence-corrected chi connectivity index (χ0v) is 22.5. The van der Waals surface area contributed by atoms with Crippen LogP contribution in [0.25, 0.3) is 28.4 Å². The van der Waals surface area contributed by atoms with E-state index in [4.69, 9.17) is 18.6 Å². The Morgan fingerprint density at radius 1 is 0.841 bits per heavy atom. The molecule has 5 atom stereocenters. The molecule has 0 radical (unpaired) electrons. The quantitative estimate of drug-likeness (QED) is 0.0840. The van der Waals surface area contributed by atoms with Crippen LogP contribution in [0.2, 0.25) is 0 Å². The van der Waals surface area contributed by atoms with Gasteiger partial charge in [-0.05, 0) is 42.0 Å². The molecule has 0 saturated carbocycles. The lowest BCUT2D eigenvalue weighted by molar-refractivity contribution is -0.280. The number of benzene rings is 3. The van der Waals surface area contributed by atoms with E-state index in [-0.39, 0.29) is 39.5 Å². The summed E-state index contributed by atoms with van der Waals surface area (Å²) in [5, 5.41) is 80.0. The van der Waals surface area contributed by atoms with Crippen molar-refractivity contribution in [3.8, 4) is 45.8 Å². The van der Waals surface area contributed by atoms with Crippen LogP contribution in [-0.2, 0) is 14.3 Å². The van der Waals surface area contributed by atoms with E-state index < -0.39 is 66.0 Å². The summed E-state index contributed by atoms with van der Waals surface area (Å²) in [4.78, 5) is 25.1. The summed E-state index contributed by atoms with van der Waals surface area (Å²) >= 11 is 0. The minimum absolute atomic E-state index is 0.0139. The predicted molar refractivity (Wildman–Crippen MR) is 150 cm³/mol. The Kier molecular flexibility index (Phi) is 8.33. The zero-order valence-electron chi connectivity index (χ0n) is 22.5. The summed E-state index contributed by atoms with van der Waals surface area (Å²) in [6.45, 7) is -0.766. The third-order valence-corrected chi connectivity index (χ3v) is 6.78. The Hall–Kier alpha value is -5.28. The van der Waals surface area contributed by atoms with Crippen LogP contribution in [0, 0.1) is 0 Å². The van der Waals surface area contributed by atoms with E-state index in [1.165, 1.54) is 48.5 Å². The summed E-state index contributed by atoms with van der Waals surface area (Å²) in [5.74, 6) is -3.32. The lowest BCUT2D eigenvalue weighted by Gasteiger charge is -2.41. The predicted octanol–water partition coefficient (Wildman–Crippen LogP) is 1.43. The fraction of sp³-hybridized carbons (Fsp3) is 0.200. The van der Waals surface area contributed by atoms with Gasteiger partial charge >= 0.3 is 5.97 Å². The second-order valence-corrected chi connectivity index (χ2v) is 9.80. The van der Waals surface area contributed by atoms with Gasteiger partial charge in [-0.3, -0.25) is 4.79 Å². The van der Waals surface area contributed by atoms with Crippen LogP contribution in [0.3, 0.4) is 0 Å². The van der Waals surface area contributed by atoms with Crippen molar-refractivity contribution in [3.63, 3.8) is 0 Å². The van der Waals surface area contributed by atoms with Gasteiger partial charge in [0.1, 0.15) is 46.5 Å². The van der Waals surface area contributed by atoms with Crippen molar-refractivity contribution >= 4 is 23.0 Å². The molecule has 1 aliphatic heterocycles. The molecule has 4 aromatic rings. The van der Waals surface area contributed by atoms with Gasteiger partial charge in [-0.15, -0.1) is 0 Å². The molecule has 0 amide bonds. The first-order valence-electron chi connectivity index (χ1n) is 13.0. The highest BCUT2D eigenvalue weighted by molar-refractivity contribution is 5.87. The number of carbonyl (C=O) groups is 1. The van der Waals surface area contributed by atoms with Crippen molar-refractivity contribution in [2.24, 2.45) is 0 Å². The number of aromatic hydroxyl groups is 5. The molecule has 0 unspecified atom stereocenters. The largest absolute Gasteiger partial charge is 0.507 e. The van der Waals surface area contributed by atoms with E-state index in [1.807, 2.05) is 0 Å². The van der Waals surface area contributed by atoms with Gasteiger partial charge in [0.05, 0.1) is 6.61 Å². The molecule has 2 heterocycles. The molecular weight excluding hydrogens is 584 g/mol. The maximum Gasteiger partial charge on any atom is 0.331 e. The van der Waals surface area contributed by atoms with E-state index in [0.717, 1.165) is 18.2 Å². The maximum atomic E-state index is 12.7. The van der Waals surface area contributed by atoms with Gasteiger partial charge in [0.15, 0.2) is 34.5 Å². The third-order valence-electron chi connectivity index (χ3n) is 6.78. The van der Waals surface area contributed by atoms with Crippen molar-refractivity contribution < 1.29 is 64.3 Å². The van der Waals surface area contributed by atoms with Crippen LogP contribution in [0.1, 0.15) is 5.56 Å². The molecular formula is C30H26O14. The van der Waals surface area contributed by atoms with Gasteiger partial charge in [-0.25, -0.2) is 4.79 Å². The molecule has 230 valence electrons. The zero-order chi connectivity index (χ0) is 31.7. The number of fused-ring (bicyclic) bond motifs is 1. The SMILES string of the molecule is O=C(/C=C/c1ccc(O)c(O)c1)O[C@H]1[C@H](O)[C@@H](O)[C@H](Oc2cc(O)c3c(=O)cc(-c4ccc(O)c(O)c4)oc3c2)O[C@@H]1CO. The molecule has 0 spiro atoms. The van der Waals surface area contributed by atoms with Crippen LogP contribution in [0.4, 0.5) is 0 Å². The number of esters is 1. The number of aliphatic hydroxyl groups is 3. The summed E-state index contributed by atoms with van der Waals surface area (Å²) in [7, 11) is 0. The number of hydrogen-bond donors (Lipinski definition) is 8. The van der Waals surface area contributed by atoms with Crippen LogP contribution in [0.5, 0.6) is 34.5 Å². The highest BCUT2D eigenvalue weighted by Gasteiger charge is 2.47. The van der Waals surface area contributed by atoms with Crippen LogP contribution >= 0.6 is 0 Å². The van der Waals surface area contributed by atoms with Gasteiger partial charge in [-0.1, -0.05) is 6.07 Å². The first-order chi connectivity index (χ1) is 20.9. The minimum Gasteiger partial charge on any atom is -0.507 e. The smallest absolute Gasteiger partial charge is 0.331 e. The first-order valence-corrected chi connectivity index (χ1v) is 13.0. The summed E-state index contributed by atoms with van der Waals surface area (Å²) in [5.41, 5.74) is -0.210. The monoisotopic (exact) mass is 610 g/mol. The Bertz CT molecular complexity index is 1790. The summed E-state index contributed by atoms with van der Waals surface area (Å²) < 4.78 is 22.1. The second kappa shape index (κ2) is 12.1. The molecule has 8 N–H and O–H groups in total. The topological polar surface area (TPSA) is 237 Å². The Morgan fingerprint density at radius 3 is 2.23 bits per heavy atom. The average molecular weight is 611 g/mol. The average Bonchev–Trinajstić information content (AvgIpc) is 2.98. The number of aliphatic hydroxyl groups excluding tert-OH is 3. The van der Waals surface area contributed by atoms with Crippen molar-refractivity contribution in [2.75, 3.05) is 6.61 Å². The number of hydrogen-bond acceptors (Lipinski definition) is 14. The molecule has 44 heavy (non-hydrogen) atoms.